The normalized spacial score (nSPS) is 30.0. The highest BCUT2D eigenvalue weighted by atomic mass is 35.5. The summed E-state index contributed by atoms with van der Waals surface area (Å²) in [4.78, 5) is 13.3. The van der Waals surface area contributed by atoms with Gasteiger partial charge >= 0.3 is 0 Å². The van der Waals surface area contributed by atoms with E-state index < -0.39 is 16.7 Å². The van der Waals surface area contributed by atoms with E-state index in [-0.39, 0.29) is 30.3 Å². The second-order valence-electron chi connectivity index (χ2n) is 6.99. The maximum absolute atomic E-state index is 12.8. The number of nitrogens with one attached hydrogen (secondary N) is 1. The molecule has 1 aromatic rings. The molecule has 1 saturated heterocycles. The number of ether oxygens (including phenoxy) is 1. The van der Waals surface area contributed by atoms with E-state index >= 15 is 0 Å². The predicted octanol–water partition coefficient (Wildman–Crippen LogP) is 3.89. The molecule has 8 heteroatoms. The third kappa shape index (κ3) is 3.39. The quantitative estimate of drug-likeness (QED) is 0.763. The van der Waals surface area contributed by atoms with Crippen molar-refractivity contribution in [2.24, 2.45) is 17.1 Å². The Hall–Kier alpha value is -0.890. The van der Waals surface area contributed by atoms with Crippen molar-refractivity contribution >= 4 is 35.8 Å². The highest BCUT2D eigenvalue weighted by Crippen LogP contribution is 2.57. The highest BCUT2D eigenvalue weighted by Gasteiger charge is 2.70. The molecule has 1 aliphatic heterocycles. The van der Waals surface area contributed by atoms with E-state index in [1.807, 2.05) is 13.8 Å². The van der Waals surface area contributed by atoms with Gasteiger partial charge in [-0.15, -0.1) is 12.4 Å². The molecule has 25 heavy (non-hydrogen) atoms. The number of carbonyl (C=O) groups excluding carboxylic acids is 1. The number of fused-ring (bicyclic) bond motifs is 1. The Balaban J connectivity index is 0.00000225. The minimum absolute atomic E-state index is 0. The van der Waals surface area contributed by atoms with Gasteiger partial charge in [0, 0.05) is 28.5 Å². The predicted molar refractivity (Wildman–Crippen MR) is 97.3 cm³/mol. The number of carbonyl (C=O) groups is 1. The van der Waals surface area contributed by atoms with Gasteiger partial charge in [-0.3, -0.25) is 4.79 Å². The van der Waals surface area contributed by atoms with Crippen molar-refractivity contribution in [3.8, 4) is 0 Å². The maximum atomic E-state index is 12.8. The Labute approximate surface area is 156 Å². The number of nitrogens with two attached hydrogens (primary N) is 1. The van der Waals surface area contributed by atoms with Crippen LogP contribution < -0.4 is 11.1 Å². The molecule has 0 aromatic heterocycles. The van der Waals surface area contributed by atoms with Crippen LogP contribution in [0.2, 0.25) is 0 Å². The summed E-state index contributed by atoms with van der Waals surface area (Å²) in [5.41, 5.74) is 5.64. The van der Waals surface area contributed by atoms with Crippen molar-refractivity contribution in [1.82, 2.24) is 0 Å². The van der Waals surface area contributed by atoms with Gasteiger partial charge in [0.05, 0.1) is 6.10 Å². The average Bonchev–Trinajstić information content (AvgIpc) is 2.55. The molecule has 1 saturated carbocycles. The summed E-state index contributed by atoms with van der Waals surface area (Å²) < 4.78 is 30.5. The summed E-state index contributed by atoms with van der Waals surface area (Å²) in [5.74, 6) is -2.69. The Bertz CT molecular complexity index is 630. The lowest BCUT2D eigenvalue weighted by Gasteiger charge is -2.65. The molecular formula is C17H23ClF2N2O2S. The standard InChI is InChI=1S/C17H22F2N2O2S.ClH/c1-16(2)13-12(4-3-9-23-13)17(16,20)14(22)21-10-5-7-11(8-6-10)24-15(18)19;/h5-8,12-13,15H,3-4,9,20H2,1-2H3,(H,21,22);1H. The molecule has 140 valence electrons. The van der Waals surface area contributed by atoms with Gasteiger partial charge < -0.3 is 15.8 Å². The van der Waals surface area contributed by atoms with E-state index in [2.05, 4.69) is 5.32 Å². The summed E-state index contributed by atoms with van der Waals surface area (Å²) >= 11 is 0.475. The lowest BCUT2D eigenvalue weighted by atomic mass is 9.46. The smallest absolute Gasteiger partial charge is 0.288 e. The summed E-state index contributed by atoms with van der Waals surface area (Å²) in [7, 11) is 0. The number of amides is 1. The molecule has 0 bridgehead atoms. The van der Waals surface area contributed by atoms with E-state index in [1.165, 1.54) is 0 Å². The van der Waals surface area contributed by atoms with Crippen LogP contribution in [0, 0.1) is 11.3 Å². The van der Waals surface area contributed by atoms with E-state index in [0.717, 1.165) is 12.8 Å². The second kappa shape index (κ2) is 7.39. The van der Waals surface area contributed by atoms with Crippen molar-refractivity contribution in [2.75, 3.05) is 11.9 Å². The van der Waals surface area contributed by atoms with E-state index in [9.17, 15) is 13.6 Å². The molecule has 2 aliphatic rings. The first-order valence-corrected chi connectivity index (χ1v) is 8.91. The number of hydrogen-bond acceptors (Lipinski definition) is 4. The van der Waals surface area contributed by atoms with Crippen molar-refractivity contribution < 1.29 is 18.3 Å². The monoisotopic (exact) mass is 392 g/mol. The molecule has 1 aliphatic carbocycles. The molecule has 1 aromatic carbocycles. The number of benzene rings is 1. The average molecular weight is 393 g/mol. The fourth-order valence-corrected chi connectivity index (χ4v) is 4.49. The summed E-state index contributed by atoms with van der Waals surface area (Å²) in [5, 5.41) is 2.84. The van der Waals surface area contributed by atoms with Crippen LogP contribution in [0.3, 0.4) is 0 Å². The molecule has 0 radical (unpaired) electrons. The first-order chi connectivity index (χ1) is 11.3. The van der Waals surface area contributed by atoms with Crippen LogP contribution in [-0.2, 0) is 9.53 Å². The van der Waals surface area contributed by atoms with Gasteiger partial charge in [-0.2, -0.15) is 8.78 Å². The SMILES string of the molecule is CC1(C)C2OCCCC2C1(N)C(=O)Nc1ccc(SC(F)F)cc1.Cl. The topological polar surface area (TPSA) is 64.3 Å². The second-order valence-corrected chi connectivity index (χ2v) is 8.05. The Morgan fingerprint density at radius 2 is 2.00 bits per heavy atom. The fourth-order valence-electron chi connectivity index (χ4n) is 3.99. The molecule has 3 rings (SSSR count). The van der Waals surface area contributed by atoms with Gasteiger partial charge in [-0.25, -0.2) is 0 Å². The van der Waals surface area contributed by atoms with E-state index in [4.69, 9.17) is 10.5 Å². The Morgan fingerprint density at radius 3 is 2.60 bits per heavy atom. The molecule has 1 heterocycles. The first kappa shape index (κ1) is 20.4. The molecule has 1 amide bonds. The van der Waals surface area contributed by atoms with E-state index in [0.29, 0.717) is 29.0 Å². The number of alkyl halides is 2. The number of rotatable bonds is 4. The van der Waals surface area contributed by atoms with Crippen molar-refractivity contribution in [1.29, 1.82) is 0 Å². The lowest BCUT2D eigenvalue weighted by Crippen LogP contribution is -2.81. The maximum Gasteiger partial charge on any atom is 0.288 e. The Morgan fingerprint density at radius 1 is 1.36 bits per heavy atom. The van der Waals surface area contributed by atoms with Gasteiger partial charge in [-0.05, 0) is 37.1 Å². The summed E-state index contributed by atoms with van der Waals surface area (Å²) in [6.45, 7) is 4.63. The molecule has 3 N–H and O–H groups in total. The van der Waals surface area contributed by atoms with Crippen LogP contribution in [-0.4, -0.2) is 29.9 Å². The van der Waals surface area contributed by atoms with Crippen LogP contribution >= 0.6 is 24.2 Å². The zero-order chi connectivity index (χ0) is 17.5. The molecule has 3 unspecified atom stereocenters. The largest absolute Gasteiger partial charge is 0.377 e. The van der Waals surface area contributed by atoms with Crippen molar-refractivity contribution in [2.45, 2.75) is 49.0 Å². The van der Waals surface area contributed by atoms with Crippen molar-refractivity contribution in [3.63, 3.8) is 0 Å². The Kier molecular flexibility index (Phi) is 6.03. The van der Waals surface area contributed by atoms with Gasteiger partial charge in [0.25, 0.3) is 5.76 Å². The number of anilines is 1. The van der Waals surface area contributed by atoms with Gasteiger partial charge in [0.2, 0.25) is 5.91 Å². The highest BCUT2D eigenvalue weighted by molar-refractivity contribution is 7.99. The number of hydrogen-bond donors (Lipinski definition) is 2. The third-order valence-electron chi connectivity index (χ3n) is 5.40. The van der Waals surface area contributed by atoms with Gasteiger partial charge in [0.1, 0.15) is 5.54 Å². The van der Waals surface area contributed by atoms with Crippen LogP contribution in [0.4, 0.5) is 14.5 Å². The summed E-state index contributed by atoms with van der Waals surface area (Å²) in [6.07, 6.45) is 1.79. The minimum Gasteiger partial charge on any atom is -0.377 e. The fraction of sp³-hybridized carbons (Fsp3) is 0.588. The third-order valence-corrected chi connectivity index (χ3v) is 6.12. The number of halogens is 3. The molecule has 3 atom stereocenters. The summed E-state index contributed by atoms with van der Waals surface area (Å²) in [6, 6.07) is 6.36. The first-order valence-electron chi connectivity index (χ1n) is 8.03. The molecule has 2 fully saturated rings. The van der Waals surface area contributed by atoms with Gasteiger partial charge in [-0.1, -0.05) is 25.6 Å². The molecule has 0 spiro atoms. The van der Waals surface area contributed by atoms with Gasteiger partial charge in [0.15, 0.2) is 0 Å². The zero-order valence-electron chi connectivity index (χ0n) is 14.1. The lowest BCUT2D eigenvalue weighted by molar-refractivity contribution is -0.222. The van der Waals surface area contributed by atoms with Crippen LogP contribution in [0.5, 0.6) is 0 Å². The molecular weight excluding hydrogens is 370 g/mol. The number of thioether (sulfide) groups is 1. The van der Waals surface area contributed by atoms with Crippen LogP contribution in [0.15, 0.2) is 29.2 Å². The van der Waals surface area contributed by atoms with E-state index in [1.54, 1.807) is 24.3 Å². The zero-order valence-corrected chi connectivity index (χ0v) is 15.8. The van der Waals surface area contributed by atoms with Crippen molar-refractivity contribution in [3.05, 3.63) is 24.3 Å². The van der Waals surface area contributed by atoms with Crippen LogP contribution in [0.25, 0.3) is 0 Å². The molecule has 4 nitrogen and oxygen atoms in total. The van der Waals surface area contributed by atoms with Crippen LogP contribution in [0.1, 0.15) is 26.7 Å². The minimum atomic E-state index is -2.46.